The molecule has 0 spiro atoms. The highest BCUT2D eigenvalue weighted by molar-refractivity contribution is 7.08. The lowest BCUT2D eigenvalue weighted by Gasteiger charge is -2.29. The van der Waals surface area contributed by atoms with Crippen LogP contribution in [-0.4, -0.2) is 0 Å². The fraction of sp³-hybridized carbons (Fsp3) is 0.455. The second-order valence-corrected chi connectivity index (χ2v) is 4.07. The van der Waals surface area contributed by atoms with E-state index >= 15 is 0 Å². The second kappa shape index (κ2) is 4.07. The van der Waals surface area contributed by atoms with E-state index in [4.69, 9.17) is 5.73 Å². The van der Waals surface area contributed by atoms with E-state index in [1.165, 1.54) is 5.56 Å². The number of hydrogen-bond donors (Lipinski definition) is 1. The maximum absolute atomic E-state index is 6.32. The molecule has 0 saturated heterocycles. The van der Waals surface area contributed by atoms with Gasteiger partial charge in [-0.15, -0.1) is 0 Å². The normalized spacial score (nSPS) is 15.3. The van der Waals surface area contributed by atoms with Crippen molar-refractivity contribution in [3.63, 3.8) is 0 Å². The predicted octanol–water partition coefficient (Wildman–Crippen LogP) is 3.28. The van der Waals surface area contributed by atoms with Crippen LogP contribution >= 0.6 is 11.3 Å². The fourth-order valence-corrected chi connectivity index (χ4v) is 2.23. The quantitative estimate of drug-likeness (QED) is 0.733. The SMILES string of the molecule is C=C(CC)C(N)(CC)c1ccsc1. The van der Waals surface area contributed by atoms with Gasteiger partial charge in [0.15, 0.2) is 0 Å². The van der Waals surface area contributed by atoms with Gasteiger partial charge < -0.3 is 5.73 Å². The Kier molecular flexibility index (Phi) is 3.28. The molecule has 1 rings (SSSR count). The summed E-state index contributed by atoms with van der Waals surface area (Å²) in [7, 11) is 0. The molecule has 0 aliphatic carbocycles. The highest BCUT2D eigenvalue weighted by Crippen LogP contribution is 2.32. The molecule has 1 aromatic rings. The zero-order valence-corrected chi connectivity index (χ0v) is 9.16. The van der Waals surface area contributed by atoms with Crippen LogP contribution in [0, 0.1) is 0 Å². The Balaban J connectivity index is 3.01. The number of hydrogen-bond acceptors (Lipinski definition) is 2. The van der Waals surface area contributed by atoms with E-state index in [0.717, 1.165) is 18.4 Å². The molecule has 2 N–H and O–H groups in total. The molecule has 0 aliphatic heterocycles. The van der Waals surface area contributed by atoms with Crippen molar-refractivity contribution in [3.8, 4) is 0 Å². The van der Waals surface area contributed by atoms with Gasteiger partial charge in [-0.25, -0.2) is 0 Å². The summed E-state index contributed by atoms with van der Waals surface area (Å²) < 4.78 is 0. The van der Waals surface area contributed by atoms with Crippen molar-refractivity contribution >= 4 is 11.3 Å². The van der Waals surface area contributed by atoms with Crippen LogP contribution in [0.4, 0.5) is 0 Å². The van der Waals surface area contributed by atoms with E-state index in [1.54, 1.807) is 11.3 Å². The van der Waals surface area contributed by atoms with Crippen molar-refractivity contribution in [1.29, 1.82) is 0 Å². The van der Waals surface area contributed by atoms with Crippen LogP contribution in [0.15, 0.2) is 29.0 Å². The highest BCUT2D eigenvalue weighted by Gasteiger charge is 2.27. The average Bonchev–Trinajstić information content (AvgIpc) is 2.68. The summed E-state index contributed by atoms with van der Waals surface area (Å²) >= 11 is 1.69. The Hall–Kier alpha value is -0.600. The fourth-order valence-electron chi connectivity index (χ4n) is 1.49. The lowest BCUT2D eigenvalue weighted by molar-refractivity contribution is 0.496. The second-order valence-electron chi connectivity index (χ2n) is 3.29. The molecule has 0 saturated carbocycles. The van der Waals surface area contributed by atoms with E-state index < -0.39 is 0 Å². The van der Waals surface area contributed by atoms with Crippen molar-refractivity contribution in [2.24, 2.45) is 5.73 Å². The van der Waals surface area contributed by atoms with E-state index in [0.29, 0.717) is 0 Å². The van der Waals surface area contributed by atoms with Gasteiger partial charge in [0.25, 0.3) is 0 Å². The minimum absolute atomic E-state index is 0.311. The molecule has 0 fully saturated rings. The molecule has 0 radical (unpaired) electrons. The lowest BCUT2D eigenvalue weighted by atomic mass is 9.82. The van der Waals surface area contributed by atoms with Gasteiger partial charge in [-0.05, 0) is 35.2 Å². The van der Waals surface area contributed by atoms with Gasteiger partial charge >= 0.3 is 0 Å². The van der Waals surface area contributed by atoms with Crippen LogP contribution in [0.3, 0.4) is 0 Å². The van der Waals surface area contributed by atoms with Crippen molar-refractivity contribution in [1.82, 2.24) is 0 Å². The molecule has 2 heteroatoms. The largest absolute Gasteiger partial charge is 0.318 e. The van der Waals surface area contributed by atoms with Gasteiger partial charge in [-0.2, -0.15) is 11.3 Å². The Labute approximate surface area is 84.3 Å². The Morgan fingerprint density at radius 1 is 1.62 bits per heavy atom. The third kappa shape index (κ3) is 1.84. The third-order valence-corrected chi connectivity index (χ3v) is 3.33. The van der Waals surface area contributed by atoms with Gasteiger partial charge in [-0.1, -0.05) is 26.0 Å². The molecule has 1 atom stereocenters. The molecule has 1 unspecified atom stereocenters. The molecule has 0 aliphatic rings. The monoisotopic (exact) mass is 195 g/mol. The van der Waals surface area contributed by atoms with E-state index in [9.17, 15) is 0 Å². The van der Waals surface area contributed by atoms with Crippen molar-refractivity contribution < 1.29 is 0 Å². The van der Waals surface area contributed by atoms with Gasteiger partial charge in [0.1, 0.15) is 0 Å². The Morgan fingerprint density at radius 3 is 2.69 bits per heavy atom. The van der Waals surface area contributed by atoms with E-state index in [-0.39, 0.29) is 5.54 Å². The topological polar surface area (TPSA) is 26.0 Å². The summed E-state index contributed by atoms with van der Waals surface area (Å²) in [5, 5.41) is 4.18. The van der Waals surface area contributed by atoms with Crippen LogP contribution < -0.4 is 5.73 Å². The van der Waals surface area contributed by atoms with Crippen molar-refractivity contribution in [3.05, 3.63) is 34.5 Å². The first-order valence-corrected chi connectivity index (χ1v) is 5.59. The van der Waals surface area contributed by atoms with Gasteiger partial charge in [-0.3, -0.25) is 0 Å². The molecule has 1 aromatic heterocycles. The zero-order chi connectivity index (χ0) is 9.90. The first kappa shape index (κ1) is 10.5. The molecule has 13 heavy (non-hydrogen) atoms. The zero-order valence-electron chi connectivity index (χ0n) is 8.34. The minimum atomic E-state index is -0.311. The summed E-state index contributed by atoms with van der Waals surface area (Å²) in [5.74, 6) is 0. The summed E-state index contributed by atoms with van der Waals surface area (Å²) in [5.41, 5.74) is 8.33. The summed E-state index contributed by atoms with van der Waals surface area (Å²) in [4.78, 5) is 0. The molecular formula is C11H17NS. The van der Waals surface area contributed by atoms with Crippen molar-refractivity contribution in [2.75, 3.05) is 0 Å². The van der Waals surface area contributed by atoms with E-state index in [1.807, 2.05) is 0 Å². The van der Waals surface area contributed by atoms with Crippen LogP contribution in [0.1, 0.15) is 32.3 Å². The number of rotatable bonds is 4. The minimum Gasteiger partial charge on any atom is -0.318 e. The molecule has 0 amide bonds. The summed E-state index contributed by atoms with van der Waals surface area (Å²) in [6.07, 6.45) is 1.86. The molecule has 1 nitrogen and oxygen atoms in total. The molecule has 1 heterocycles. The van der Waals surface area contributed by atoms with Gasteiger partial charge in [0.2, 0.25) is 0 Å². The maximum atomic E-state index is 6.32. The van der Waals surface area contributed by atoms with E-state index in [2.05, 4.69) is 37.3 Å². The molecular weight excluding hydrogens is 178 g/mol. The first-order chi connectivity index (χ1) is 6.15. The number of nitrogens with two attached hydrogens (primary N) is 1. The smallest absolute Gasteiger partial charge is 0.0627 e. The lowest BCUT2D eigenvalue weighted by Crippen LogP contribution is -2.37. The van der Waals surface area contributed by atoms with Crippen LogP contribution in [0.25, 0.3) is 0 Å². The van der Waals surface area contributed by atoms with Crippen LogP contribution in [0.5, 0.6) is 0 Å². The maximum Gasteiger partial charge on any atom is 0.0627 e. The Bertz CT molecular complexity index is 276. The van der Waals surface area contributed by atoms with Gasteiger partial charge in [0.05, 0.1) is 5.54 Å². The summed E-state index contributed by atoms with van der Waals surface area (Å²) in [6.45, 7) is 8.26. The highest BCUT2D eigenvalue weighted by atomic mass is 32.1. The molecule has 0 bridgehead atoms. The van der Waals surface area contributed by atoms with Gasteiger partial charge in [0, 0.05) is 0 Å². The Morgan fingerprint density at radius 2 is 2.31 bits per heavy atom. The molecule has 72 valence electrons. The van der Waals surface area contributed by atoms with Crippen LogP contribution in [-0.2, 0) is 5.54 Å². The molecule has 0 aromatic carbocycles. The number of thiophene rings is 1. The first-order valence-electron chi connectivity index (χ1n) is 4.65. The standard InChI is InChI=1S/C11H17NS/c1-4-9(3)11(12,5-2)10-6-7-13-8-10/h6-8H,3-5,12H2,1-2H3. The van der Waals surface area contributed by atoms with Crippen LogP contribution in [0.2, 0.25) is 0 Å². The predicted molar refractivity (Wildman–Crippen MR) is 59.9 cm³/mol. The third-order valence-electron chi connectivity index (χ3n) is 2.65. The average molecular weight is 195 g/mol. The van der Waals surface area contributed by atoms with Crippen molar-refractivity contribution in [2.45, 2.75) is 32.2 Å². The summed E-state index contributed by atoms with van der Waals surface area (Å²) in [6, 6.07) is 2.09.